The second-order valence-corrected chi connectivity index (χ2v) is 4.38. The van der Waals surface area contributed by atoms with Crippen molar-refractivity contribution in [2.24, 2.45) is 0 Å². The molecule has 0 amide bonds. The van der Waals surface area contributed by atoms with Crippen LogP contribution in [0.3, 0.4) is 0 Å². The average Bonchev–Trinajstić information content (AvgIpc) is 2.28. The lowest BCUT2D eigenvalue weighted by molar-refractivity contribution is 0.149. The van der Waals surface area contributed by atoms with Crippen molar-refractivity contribution in [1.29, 1.82) is 0 Å². The quantitative estimate of drug-likeness (QED) is 0.735. The highest BCUT2D eigenvalue weighted by atomic mass is 16.5. The summed E-state index contributed by atoms with van der Waals surface area (Å²) in [6.45, 7) is 10.6. The minimum Gasteiger partial charge on any atom is -0.381 e. The Labute approximate surface area is 104 Å². The fourth-order valence-electron chi connectivity index (χ4n) is 1.46. The van der Waals surface area contributed by atoms with Crippen LogP contribution in [-0.4, -0.2) is 29.2 Å². The van der Waals surface area contributed by atoms with Gasteiger partial charge in [0.25, 0.3) is 0 Å². The molecule has 0 atom stereocenters. The van der Waals surface area contributed by atoms with E-state index in [1.54, 1.807) is 0 Å². The molecule has 1 N–H and O–H groups in total. The largest absolute Gasteiger partial charge is 0.381 e. The molecule has 1 aromatic rings. The van der Waals surface area contributed by atoms with Crippen LogP contribution < -0.4 is 5.32 Å². The Morgan fingerprint density at radius 2 is 2.18 bits per heavy atom. The van der Waals surface area contributed by atoms with Gasteiger partial charge in [0.05, 0.1) is 6.61 Å². The van der Waals surface area contributed by atoms with E-state index in [2.05, 4.69) is 29.1 Å². The molecule has 1 aromatic heterocycles. The lowest BCUT2D eigenvalue weighted by Crippen LogP contribution is -2.22. The first kappa shape index (κ1) is 14.1. The Morgan fingerprint density at radius 1 is 1.41 bits per heavy atom. The molecule has 0 saturated heterocycles. The first-order valence-corrected chi connectivity index (χ1v) is 6.26. The molecule has 0 spiro atoms. The summed E-state index contributed by atoms with van der Waals surface area (Å²) in [4.78, 5) is 8.85. The molecular weight excluding hydrogens is 214 g/mol. The number of hydrogen-bond donors (Lipinski definition) is 1. The normalized spacial score (nSPS) is 11.1. The van der Waals surface area contributed by atoms with Gasteiger partial charge < -0.3 is 10.1 Å². The minimum atomic E-state index is 0.479. The maximum atomic E-state index is 5.29. The van der Waals surface area contributed by atoms with Gasteiger partial charge in [-0.05, 0) is 13.8 Å². The first-order valence-electron chi connectivity index (χ1n) is 6.26. The lowest BCUT2D eigenvalue weighted by atomic mass is 10.2. The number of nitrogens with zero attached hydrogens (tertiary/aromatic N) is 2. The summed E-state index contributed by atoms with van der Waals surface area (Å²) >= 11 is 0. The summed E-state index contributed by atoms with van der Waals surface area (Å²) in [5.41, 5.74) is 2.22. The molecule has 1 heterocycles. The van der Waals surface area contributed by atoms with Gasteiger partial charge in [-0.15, -0.1) is 0 Å². The molecule has 0 aromatic carbocycles. The summed E-state index contributed by atoms with van der Waals surface area (Å²) in [7, 11) is 0. The van der Waals surface area contributed by atoms with Crippen LogP contribution in [0, 0.1) is 6.92 Å². The van der Waals surface area contributed by atoms with Crippen LogP contribution in [-0.2, 0) is 17.7 Å². The smallest absolute Gasteiger partial charge is 0.130 e. The zero-order chi connectivity index (χ0) is 12.7. The molecule has 1 rings (SSSR count). The lowest BCUT2D eigenvalue weighted by Gasteiger charge is -2.10. The Bertz CT molecular complexity index is 339. The number of ether oxygens (including phenoxy) is 1. The zero-order valence-electron chi connectivity index (χ0n) is 11.3. The standard InChI is InChI=1S/C13H23N3O/c1-5-17-7-6-13-15-9-12(11(4)16-13)8-14-10(2)3/h9-10,14H,5-8H2,1-4H3. The maximum Gasteiger partial charge on any atom is 0.130 e. The molecule has 17 heavy (non-hydrogen) atoms. The van der Waals surface area contributed by atoms with E-state index in [1.807, 2.05) is 20.0 Å². The summed E-state index contributed by atoms with van der Waals surface area (Å²) in [6, 6.07) is 0.479. The highest BCUT2D eigenvalue weighted by Crippen LogP contribution is 2.04. The Morgan fingerprint density at radius 3 is 2.76 bits per heavy atom. The van der Waals surface area contributed by atoms with Crippen LogP contribution in [0.4, 0.5) is 0 Å². The number of aryl methyl sites for hydroxylation is 1. The van der Waals surface area contributed by atoms with Crippen LogP contribution in [0.5, 0.6) is 0 Å². The van der Waals surface area contributed by atoms with Gasteiger partial charge in [0.1, 0.15) is 5.82 Å². The van der Waals surface area contributed by atoms with E-state index < -0.39 is 0 Å². The van der Waals surface area contributed by atoms with Crippen molar-refractivity contribution >= 4 is 0 Å². The third-order valence-electron chi connectivity index (χ3n) is 2.51. The predicted molar refractivity (Wildman–Crippen MR) is 68.9 cm³/mol. The molecule has 0 aliphatic rings. The van der Waals surface area contributed by atoms with Gasteiger partial charge in [-0.1, -0.05) is 13.8 Å². The van der Waals surface area contributed by atoms with E-state index in [1.165, 1.54) is 5.56 Å². The van der Waals surface area contributed by atoms with Gasteiger partial charge in [-0.3, -0.25) is 0 Å². The molecule has 96 valence electrons. The van der Waals surface area contributed by atoms with E-state index in [9.17, 15) is 0 Å². The highest BCUT2D eigenvalue weighted by molar-refractivity contribution is 5.16. The second-order valence-electron chi connectivity index (χ2n) is 4.38. The molecular formula is C13H23N3O. The molecule has 4 heteroatoms. The number of aromatic nitrogens is 2. The van der Waals surface area contributed by atoms with E-state index in [0.29, 0.717) is 12.6 Å². The minimum absolute atomic E-state index is 0.479. The fourth-order valence-corrected chi connectivity index (χ4v) is 1.46. The van der Waals surface area contributed by atoms with Crippen molar-refractivity contribution in [2.75, 3.05) is 13.2 Å². The Balaban J connectivity index is 2.53. The topological polar surface area (TPSA) is 47.0 Å². The number of rotatable bonds is 7. The monoisotopic (exact) mass is 237 g/mol. The van der Waals surface area contributed by atoms with Gasteiger partial charge in [0.2, 0.25) is 0 Å². The van der Waals surface area contributed by atoms with Crippen LogP contribution >= 0.6 is 0 Å². The summed E-state index contributed by atoms with van der Waals surface area (Å²) in [6.07, 6.45) is 2.70. The van der Waals surface area contributed by atoms with Crippen LogP contribution in [0.15, 0.2) is 6.20 Å². The van der Waals surface area contributed by atoms with E-state index in [-0.39, 0.29) is 0 Å². The summed E-state index contributed by atoms with van der Waals surface area (Å²) in [5.74, 6) is 0.865. The highest BCUT2D eigenvalue weighted by Gasteiger charge is 2.04. The third kappa shape index (κ3) is 5.24. The van der Waals surface area contributed by atoms with Gasteiger partial charge in [-0.2, -0.15) is 0 Å². The van der Waals surface area contributed by atoms with Gasteiger partial charge in [0, 0.05) is 43.1 Å². The van der Waals surface area contributed by atoms with Crippen LogP contribution in [0.2, 0.25) is 0 Å². The Hall–Kier alpha value is -1.00. The maximum absolute atomic E-state index is 5.29. The molecule has 0 saturated carbocycles. The molecule has 0 radical (unpaired) electrons. The SMILES string of the molecule is CCOCCc1ncc(CNC(C)C)c(C)n1. The van der Waals surface area contributed by atoms with Gasteiger partial charge >= 0.3 is 0 Å². The molecule has 0 fully saturated rings. The van der Waals surface area contributed by atoms with Gasteiger partial charge in [0.15, 0.2) is 0 Å². The fraction of sp³-hybridized carbons (Fsp3) is 0.692. The second kappa shape index (κ2) is 7.35. The summed E-state index contributed by atoms with van der Waals surface area (Å²) in [5, 5.41) is 3.37. The van der Waals surface area contributed by atoms with E-state index in [4.69, 9.17) is 4.74 Å². The van der Waals surface area contributed by atoms with Crippen molar-refractivity contribution in [3.8, 4) is 0 Å². The Kier molecular flexibility index (Phi) is 6.08. The van der Waals surface area contributed by atoms with E-state index in [0.717, 1.165) is 31.1 Å². The van der Waals surface area contributed by atoms with Crippen LogP contribution in [0.1, 0.15) is 37.9 Å². The van der Waals surface area contributed by atoms with Crippen molar-refractivity contribution in [3.63, 3.8) is 0 Å². The van der Waals surface area contributed by atoms with E-state index >= 15 is 0 Å². The molecule has 0 aliphatic carbocycles. The number of nitrogens with one attached hydrogen (secondary N) is 1. The van der Waals surface area contributed by atoms with Crippen molar-refractivity contribution < 1.29 is 4.74 Å². The van der Waals surface area contributed by atoms with Crippen molar-refractivity contribution in [1.82, 2.24) is 15.3 Å². The molecule has 4 nitrogen and oxygen atoms in total. The average molecular weight is 237 g/mol. The molecule has 0 bridgehead atoms. The zero-order valence-corrected chi connectivity index (χ0v) is 11.3. The first-order chi connectivity index (χ1) is 8.13. The van der Waals surface area contributed by atoms with Gasteiger partial charge in [-0.25, -0.2) is 9.97 Å². The van der Waals surface area contributed by atoms with Crippen molar-refractivity contribution in [3.05, 3.63) is 23.3 Å². The molecule has 0 unspecified atom stereocenters. The number of hydrogen-bond acceptors (Lipinski definition) is 4. The van der Waals surface area contributed by atoms with Crippen molar-refractivity contribution in [2.45, 2.75) is 46.7 Å². The summed E-state index contributed by atoms with van der Waals surface area (Å²) < 4.78 is 5.29. The van der Waals surface area contributed by atoms with Crippen LogP contribution in [0.25, 0.3) is 0 Å². The molecule has 0 aliphatic heterocycles. The predicted octanol–water partition coefficient (Wildman–Crippen LogP) is 1.86. The third-order valence-corrected chi connectivity index (χ3v) is 2.51.